The monoisotopic (exact) mass is 325 g/mol. The van der Waals surface area contributed by atoms with Crippen LogP contribution in [0.4, 0.5) is 0 Å². The summed E-state index contributed by atoms with van der Waals surface area (Å²) in [5, 5.41) is 31.4. The van der Waals surface area contributed by atoms with Crippen LogP contribution in [0, 0.1) is 11.3 Å². The molecule has 2 saturated heterocycles. The van der Waals surface area contributed by atoms with Crippen LogP contribution in [-0.4, -0.2) is 62.8 Å². The highest BCUT2D eigenvalue weighted by atomic mass is 16.6. The highest BCUT2D eigenvalue weighted by Gasteiger charge is 2.61. The third-order valence-corrected chi connectivity index (χ3v) is 6.75. The Morgan fingerprint density at radius 1 is 1.13 bits per heavy atom. The molecular weight excluding hydrogens is 298 g/mol. The number of aliphatic hydroxyl groups is 3. The van der Waals surface area contributed by atoms with E-state index in [1.807, 2.05) is 6.92 Å². The molecule has 0 bridgehead atoms. The van der Waals surface area contributed by atoms with Crippen molar-refractivity contribution in [3.63, 3.8) is 0 Å². The number of piperidine rings is 1. The summed E-state index contributed by atoms with van der Waals surface area (Å²) in [6.45, 7) is 2.03. The Kier molecular flexibility index (Phi) is 3.72. The van der Waals surface area contributed by atoms with E-state index < -0.39 is 23.7 Å². The largest absolute Gasteiger partial charge is 0.393 e. The lowest BCUT2D eigenvalue weighted by Crippen LogP contribution is -2.55. The molecule has 0 aromatic heterocycles. The maximum Gasteiger partial charge on any atom is 0.225 e. The van der Waals surface area contributed by atoms with Crippen molar-refractivity contribution in [3.8, 4) is 0 Å². The van der Waals surface area contributed by atoms with Gasteiger partial charge in [-0.2, -0.15) is 0 Å². The van der Waals surface area contributed by atoms with Crippen molar-refractivity contribution in [2.45, 2.75) is 88.6 Å². The average molecular weight is 325 g/mol. The number of amides is 1. The maximum atomic E-state index is 12.3. The molecule has 4 rings (SSSR count). The molecule has 130 valence electrons. The van der Waals surface area contributed by atoms with Gasteiger partial charge in [-0.05, 0) is 44.4 Å². The normalized spacial score (nSPS) is 53.3. The Morgan fingerprint density at radius 2 is 1.83 bits per heavy atom. The number of epoxide rings is 1. The smallest absolute Gasteiger partial charge is 0.225 e. The Balaban J connectivity index is 1.55. The fourth-order valence-corrected chi connectivity index (χ4v) is 5.24. The van der Waals surface area contributed by atoms with Crippen molar-refractivity contribution in [1.29, 1.82) is 0 Å². The van der Waals surface area contributed by atoms with Gasteiger partial charge >= 0.3 is 0 Å². The number of likely N-dealkylation sites (tertiary alicyclic amines) is 1. The number of fused-ring (bicyclic) bond motifs is 1. The molecule has 2 saturated carbocycles. The van der Waals surface area contributed by atoms with Gasteiger partial charge in [-0.3, -0.25) is 4.79 Å². The van der Waals surface area contributed by atoms with Crippen molar-refractivity contribution in [1.82, 2.24) is 4.90 Å². The average Bonchev–Trinajstić information content (AvgIpc) is 3.25. The first kappa shape index (κ1) is 15.8. The van der Waals surface area contributed by atoms with Crippen LogP contribution < -0.4 is 0 Å². The zero-order valence-corrected chi connectivity index (χ0v) is 13.6. The van der Waals surface area contributed by atoms with Gasteiger partial charge in [-0.1, -0.05) is 6.92 Å². The van der Waals surface area contributed by atoms with E-state index in [1.165, 1.54) is 0 Å². The topological polar surface area (TPSA) is 93.5 Å². The summed E-state index contributed by atoms with van der Waals surface area (Å²) in [4.78, 5) is 13.9. The zero-order valence-electron chi connectivity index (χ0n) is 13.6. The van der Waals surface area contributed by atoms with Crippen LogP contribution in [0.2, 0.25) is 0 Å². The minimum atomic E-state index is -0.746. The predicted molar refractivity (Wildman–Crippen MR) is 81.2 cm³/mol. The molecule has 6 heteroatoms. The first-order chi connectivity index (χ1) is 10.9. The van der Waals surface area contributed by atoms with Gasteiger partial charge in [0.1, 0.15) is 6.10 Å². The van der Waals surface area contributed by atoms with E-state index in [1.54, 1.807) is 4.90 Å². The SMILES string of the molecule is CC1(C2CCC(O)CC2)CC(O)C(N2C(=O)CCC3OC32)C1O. The van der Waals surface area contributed by atoms with Crippen molar-refractivity contribution < 1.29 is 24.9 Å². The van der Waals surface area contributed by atoms with Crippen LogP contribution in [0.25, 0.3) is 0 Å². The van der Waals surface area contributed by atoms with Gasteiger partial charge in [0.15, 0.2) is 6.23 Å². The van der Waals surface area contributed by atoms with Crippen LogP contribution in [0.5, 0.6) is 0 Å². The molecule has 23 heavy (non-hydrogen) atoms. The fraction of sp³-hybridized carbons (Fsp3) is 0.941. The number of ether oxygens (including phenoxy) is 1. The molecule has 4 aliphatic rings. The van der Waals surface area contributed by atoms with E-state index in [2.05, 4.69) is 0 Å². The van der Waals surface area contributed by atoms with Crippen molar-refractivity contribution in [3.05, 3.63) is 0 Å². The Labute approximate surface area is 136 Å². The van der Waals surface area contributed by atoms with E-state index in [0.29, 0.717) is 12.8 Å². The molecule has 6 nitrogen and oxygen atoms in total. The minimum absolute atomic E-state index is 0.0184. The second kappa shape index (κ2) is 5.41. The highest BCUT2D eigenvalue weighted by Crippen LogP contribution is 2.52. The van der Waals surface area contributed by atoms with Gasteiger partial charge in [0.2, 0.25) is 5.91 Å². The summed E-state index contributed by atoms with van der Waals surface area (Å²) in [7, 11) is 0. The molecule has 3 N–H and O–H groups in total. The van der Waals surface area contributed by atoms with Crippen LogP contribution in [0.1, 0.15) is 51.9 Å². The number of carbonyl (C=O) groups is 1. The zero-order chi connectivity index (χ0) is 16.4. The second-order valence-electron chi connectivity index (χ2n) is 8.12. The van der Waals surface area contributed by atoms with Crippen LogP contribution in [0.3, 0.4) is 0 Å². The Bertz CT molecular complexity index is 491. The van der Waals surface area contributed by atoms with E-state index in [-0.39, 0.29) is 30.3 Å². The Morgan fingerprint density at radius 3 is 2.52 bits per heavy atom. The van der Waals surface area contributed by atoms with Gasteiger partial charge in [-0.25, -0.2) is 0 Å². The van der Waals surface area contributed by atoms with Gasteiger partial charge in [0.25, 0.3) is 0 Å². The molecule has 0 spiro atoms. The molecule has 0 aromatic carbocycles. The number of rotatable bonds is 2. The van der Waals surface area contributed by atoms with Crippen molar-refractivity contribution in [2.24, 2.45) is 11.3 Å². The van der Waals surface area contributed by atoms with E-state index in [9.17, 15) is 20.1 Å². The second-order valence-corrected chi connectivity index (χ2v) is 8.12. The van der Waals surface area contributed by atoms with E-state index >= 15 is 0 Å². The number of hydrogen-bond acceptors (Lipinski definition) is 5. The molecule has 2 aliphatic carbocycles. The lowest BCUT2D eigenvalue weighted by molar-refractivity contribution is -0.144. The van der Waals surface area contributed by atoms with E-state index in [4.69, 9.17) is 4.74 Å². The first-order valence-electron chi connectivity index (χ1n) is 8.92. The molecule has 4 fully saturated rings. The van der Waals surface area contributed by atoms with Gasteiger partial charge in [-0.15, -0.1) is 0 Å². The number of carbonyl (C=O) groups excluding carboxylic acids is 1. The van der Waals surface area contributed by atoms with Crippen molar-refractivity contribution >= 4 is 5.91 Å². The van der Waals surface area contributed by atoms with Gasteiger partial charge in [0, 0.05) is 11.8 Å². The first-order valence-corrected chi connectivity index (χ1v) is 8.92. The molecule has 1 amide bonds. The summed E-state index contributed by atoms with van der Waals surface area (Å²) in [6, 6.07) is -0.561. The third kappa shape index (κ3) is 2.42. The van der Waals surface area contributed by atoms with E-state index in [0.717, 1.165) is 32.1 Å². The standard InChI is InChI=1S/C17H27NO5/c1-17(9-2-4-10(19)5-3-9)8-11(20)14(15(17)22)18-13(21)7-6-12-16(18)23-12/h9-12,14-16,19-20,22H,2-8H2,1H3. The third-order valence-electron chi connectivity index (χ3n) is 6.75. The maximum absolute atomic E-state index is 12.3. The number of nitrogens with zero attached hydrogens (tertiary/aromatic N) is 1. The van der Waals surface area contributed by atoms with Crippen LogP contribution in [-0.2, 0) is 9.53 Å². The molecule has 0 aromatic rings. The predicted octanol–water partition coefficient (Wildman–Crippen LogP) is 0.385. The molecule has 6 unspecified atom stereocenters. The summed E-state index contributed by atoms with van der Waals surface area (Å²) in [6.07, 6.45) is 3.06. The minimum Gasteiger partial charge on any atom is -0.393 e. The Hall–Kier alpha value is -0.690. The summed E-state index contributed by atoms with van der Waals surface area (Å²) in [5.41, 5.74) is -0.410. The molecule has 2 aliphatic heterocycles. The van der Waals surface area contributed by atoms with Crippen LogP contribution >= 0.6 is 0 Å². The van der Waals surface area contributed by atoms with Gasteiger partial charge in [0.05, 0.1) is 24.4 Å². The molecular formula is C17H27NO5. The molecule has 0 radical (unpaired) electrons. The summed E-state index contributed by atoms with van der Waals surface area (Å²) in [5.74, 6) is 0.256. The van der Waals surface area contributed by atoms with Gasteiger partial charge < -0.3 is 25.0 Å². The highest BCUT2D eigenvalue weighted by molar-refractivity contribution is 5.78. The lowest BCUT2D eigenvalue weighted by Gasteiger charge is -2.42. The van der Waals surface area contributed by atoms with Crippen molar-refractivity contribution in [2.75, 3.05) is 0 Å². The summed E-state index contributed by atoms with van der Waals surface area (Å²) < 4.78 is 5.55. The quantitative estimate of drug-likeness (QED) is 0.639. The molecule has 2 heterocycles. The summed E-state index contributed by atoms with van der Waals surface area (Å²) >= 11 is 0. The number of hydrogen-bond donors (Lipinski definition) is 3. The van der Waals surface area contributed by atoms with Crippen LogP contribution in [0.15, 0.2) is 0 Å². The fourth-order valence-electron chi connectivity index (χ4n) is 5.24. The molecule has 6 atom stereocenters. The number of aliphatic hydroxyl groups excluding tert-OH is 3. The lowest BCUT2D eigenvalue weighted by atomic mass is 9.67.